The highest BCUT2D eigenvalue weighted by Crippen LogP contribution is 2.40. The molecule has 1 aliphatic heterocycles. The summed E-state index contributed by atoms with van der Waals surface area (Å²) in [6.07, 6.45) is 3.90. The minimum atomic E-state index is -0.935. The number of aliphatic imine (C=N–C) groups is 1. The predicted molar refractivity (Wildman–Crippen MR) is 140 cm³/mol. The summed E-state index contributed by atoms with van der Waals surface area (Å²) in [5.74, 6) is -0.737. The molecule has 0 bridgehead atoms. The number of aryl methyl sites for hydroxylation is 2. The summed E-state index contributed by atoms with van der Waals surface area (Å²) in [7, 11) is 0. The quantitative estimate of drug-likeness (QED) is 0.332. The van der Waals surface area contributed by atoms with Gasteiger partial charge in [-0.15, -0.1) is 21.5 Å². The van der Waals surface area contributed by atoms with Gasteiger partial charge in [0.25, 0.3) is 0 Å². The average molecular weight is 501 g/mol. The normalized spacial score (nSPS) is 15.8. The Hall–Kier alpha value is -3.91. The van der Waals surface area contributed by atoms with Crippen molar-refractivity contribution in [3.8, 4) is 5.00 Å². The SMILES string of the molecule is Cc1sc2c(c1C)C(c1ccc(C=Cc3ccc(F)cc3)cc1)=NC([C@H](C)C(=O)O)c1nnc(C)n1-2. The van der Waals surface area contributed by atoms with Crippen molar-refractivity contribution in [2.75, 3.05) is 0 Å². The van der Waals surface area contributed by atoms with Crippen molar-refractivity contribution in [1.29, 1.82) is 0 Å². The van der Waals surface area contributed by atoms with Crippen LogP contribution in [0.2, 0.25) is 0 Å². The van der Waals surface area contributed by atoms with E-state index in [1.54, 1.807) is 30.4 Å². The molecule has 8 heteroatoms. The van der Waals surface area contributed by atoms with Crippen LogP contribution < -0.4 is 0 Å². The van der Waals surface area contributed by atoms with E-state index in [2.05, 4.69) is 24.0 Å². The number of aromatic nitrogens is 3. The summed E-state index contributed by atoms with van der Waals surface area (Å²) in [5, 5.41) is 19.4. The maximum absolute atomic E-state index is 13.2. The molecule has 0 radical (unpaired) electrons. The summed E-state index contributed by atoms with van der Waals surface area (Å²) in [5.41, 5.74) is 5.64. The molecule has 0 spiro atoms. The van der Waals surface area contributed by atoms with Crippen LogP contribution in [0.5, 0.6) is 0 Å². The van der Waals surface area contributed by atoms with E-state index in [0.717, 1.165) is 43.4 Å². The molecule has 6 nitrogen and oxygen atoms in total. The van der Waals surface area contributed by atoms with Gasteiger partial charge in [0, 0.05) is 16.0 Å². The molecule has 0 amide bonds. The lowest BCUT2D eigenvalue weighted by Crippen LogP contribution is -2.21. The Kier molecular flexibility index (Phi) is 6.14. The highest BCUT2D eigenvalue weighted by Gasteiger charge is 2.36. The molecule has 0 saturated carbocycles. The van der Waals surface area contributed by atoms with Crippen LogP contribution >= 0.6 is 11.3 Å². The van der Waals surface area contributed by atoms with Crippen LogP contribution in [0, 0.1) is 32.5 Å². The van der Waals surface area contributed by atoms with Crippen molar-refractivity contribution in [3.63, 3.8) is 0 Å². The molecule has 5 rings (SSSR count). The Labute approximate surface area is 212 Å². The van der Waals surface area contributed by atoms with Crippen LogP contribution in [0.4, 0.5) is 4.39 Å². The molecule has 182 valence electrons. The number of thiophene rings is 1. The Balaban J connectivity index is 1.60. The number of benzene rings is 2. The van der Waals surface area contributed by atoms with Gasteiger partial charge in [-0.1, -0.05) is 48.6 Å². The molecule has 1 unspecified atom stereocenters. The number of hydrogen-bond acceptors (Lipinski definition) is 5. The molecule has 0 saturated heterocycles. The van der Waals surface area contributed by atoms with Gasteiger partial charge in [-0.25, -0.2) is 4.39 Å². The number of fused-ring (bicyclic) bond motifs is 3. The van der Waals surface area contributed by atoms with Gasteiger partial charge in [-0.2, -0.15) is 0 Å². The monoisotopic (exact) mass is 500 g/mol. The van der Waals surface area contributed by atoms with E-state index in [1.807, 2.05) is 47.9 Å². The van der Waals surface area contributed by atoms with Gasteiger partial charge in [-0.05, 0) is 56.5 Å². The topological polar surface area (TPSA) is 80.4 Å². The van der Waals surface area contributed by atoms with E-state index < -0.39 is 17.9 Å². The number of carbonyl (C=O) groups is 1. The first-order valence-corrected chi connectivity index (χ1v) is 12.4. The molecular formula is C28H25FN4O2S. The van der Waals surface area contributed by atoms with E-state index in [1.165, 1.54) is 12.1 Å². The lowest BCUT2D eigenvalue weighted by atomic mass is 9.97. The van der Waals surface area contributed by atoms with Crippen LogP contribution in [-0.4, -0.2) is 31.6 Å². The fourth-order valence-corrected chi connectivity index (χ4v) is 5.55. The maximum atomic E-state index is 13.2. The summed E-state index contributed by atoms with van der Waals surface area (Å²) >= 11 is 1.64. The first-order valence-electron chi connectivity index (χ1n) is 11.6. The number of nitrogens with zero attached hydrogens (tertiary/aromatic N) is 4. The summed E-state index contributed by atoms with van der Waals surface area (Å²) in [6, 6.07) is 13.6. The first kappa shape index (κ1) is 23.8. The number of carboxylic acids is 1. The molecule has 0 aliphatic carbocycles. The van der Waals surface area contributed by atoms with Gasteiger partial charge in [0.1, 0.15) is 22.7 Å². The molecule has 2 atom stereocenters. The summed E-state index contributed by atoms with van der Waals surface area (Å²) in [6.45, 7) is 7.68. The zero-order valence-electron chi connectivity index (χ0n) is 20.4. The Morgan fingerprint density at radius 1 is 1.03 bits per heavy atom. The molecule has 2 aromatic carbocycles. The smallest absolute Gasteiger partial charge is 0.308 e. The third-order valence-corrected chi connectivity index (χ3v) is 7.77. The predicted octanol–water partition coefficient (Wildman–Crippen LogP) is 6.18. The molecule has 2 aromatic heterocycles. The number of aliphatic carboxylic acids is 1. The fourth-order valence-electron chi connectivity index (χ4n) is 4.34. The van der Waals surface area contributed by atoms with Crippen LogP contribution in [-0.2, 0) is 4.79 Å². The second-order valence-corrected chi connectivity index (χ2v) is 10.2. The zero-order chi connectivity index (χ0) is 25.6. The Bertz CT molecular complexity index is 1510. The largest absolute Gasteiger partial charge is 0.481 e. The van der Waals surface area contributed by atoms with Crippen molar-refractivity contribution >= 4 is 35.2 Å². The number of rotatable bonds is 5. The first-order chi connectivity index (χ1) is 17.2. The van der Waals surface area contributed by atoms with Gasteiger partial charge in [0.15, 0.2) is 5.82 Å². The molecule has 36 heavy (non-hydrogen) atoms. The third-order valence-electron chi connectivity index (χ3n) is 6.57. The molecule has 4 aromatic rings. The van der Waals surface area contributed by atoms with Crippen LogP contribution in [0.1, 0.15) is 57.3 Å². The maximum Gasteiger partial charge on any atom is 0.308 e. The average Bonchev–Trinajstić information content (AvgIpc) is 3.33. The second-order valence-electron chi connectivity index (χ2n) is 8.96. The van der Waals surface area contributed by atoms with Gasteiger partial charge in [0.2, 0.25) is 0 Å². The Morgan fingerprint density at radius 2 is 1.64 bits per heavy atom. The number of halogens is 1. The second kappa shape index (κ2) is 9.28. The zero-order valence-corrected chi connectivity index (χ0v) is 21.2. The van der Waals surface area contributed by atoms with Crippen molar-refractivity contribution in [2.45, 2.75) is 33.7 Å². The van der Waals surface area contributed by atoms with Crippen LogP contribution in [0.15, 0.2) is 53.5 Å². The van der Waals surface area contributed by atoms with Crippen molar-refractivity contribution < 1.29 is 14.3 Å². The van der Waals surface area contributed by atoms with E-state index in [9.17, 15) is 14.3 Å². The van der Waals surface area contributed by atoms with Crippen molar-refractivity contribution in [1.82, 2.24) is 14.8 Å². The van der Waals surface area contributed by atoms with Crippen LogP contribution in [0.3, 0.4) is 0 Å². The third kappa shape index (κ3) is 4.18. The van der Waals surface area contributed by atoms with Gasteiger partial charge >= 0.3 is 5.97 Å². The fraction of sp³-hybridized carbons (Fsp3) is 0.214. The molecule has 1 N–H and O–H groups in total. The molecule has 0 fully saturated rings. The standard InChI is InChI=1S/C28H25FN4O2S/c1-15-17(3)36-27-23(15)25(30-24(16(2)28(34)35)26-32-31-18(4)33(26)27)21-11-7-19(8-12-21)5-6-20-9-13-22(29)14-10-20/h5-14,16,24H,1-4H3,(H,34,35)/t16-,24?/m0/s1. The van der Waals surface area contributed by atoms with Crippen molar-refractivity contribution in [3.05, 3.63) is 98.7 Å². The lowest BCUT2D eigenvalue weighted by molar-refractivity contribution is -0.141. The van der Waals surface area contributed by atoms with E-state index in [4.69, 9.17) is 4.99 Å². The minimum absolute atomic E-state index is 0.262. The molecule has 1 aliphatic rings. The number of hydrogen-bond donors (Lipinski definition) is 1. The highest BCUT2D eigenvalue weighted by molar-refractivity contribution is 7.15. The molecule has 3 heterocycles. The number of carboxylic acid groups (broad SMARTS) is 1. The highest BCUT2D eigenvalue weighted by atomic mass is 32.1. The minimum Gasteiger partial charge on any atom is -0.481 e. The lowest BCUT2D eigenvalue weighted by Gasteiger charge is -2.16. The van der Waals surface area contributed by atoms with Gasteiger partial charge in [-0.3, -0.25) is 14.4 Å². The Morgan fingerprint density at radius 3 is 2.25 bits per heavy atom. The summed E-state index contributed by atoms with van der Waals surface area (Å²) < 4.78 is 15.1. The van der Waals surface area contributed by atoms with Gasteiger partial charge < -0.3 is 5.11 Å². The van der Waals surface area contributed by atoms with E-state index >= 15 is 0 Å². The summed E-state index contributed by atoms with van der Waals surface area (Å²) in [4.78, 5) is 18.2. The molecular weight excluding hydrogens is 475 g/mol. The van der Waals surface area contributed by atoms with Crippen molar-refractivity contribution in [2.24, 2.45) is 10.9 Å². The van der Waals surface area contributed by atoms with E-state index in [0.29, 0.717) is 11.6 Å². The van der Waals surface area contributed by atoms with Gasteiger partial charge in [0.05, 0.1) is 11.6 Å². The van der Waals surface area contributed by atoms with E-state index in [-0.39, 0.29) is 5.82 Å². The van der Waals surface area contributed by atoms with Crippen LogP contribution in [0.25, 0.3) is 17.2 Å².